The van der Waals surface area contributed by atoms with Gasteiger partial charge in [0, 0.05) is 17.7 Å². The number of nitrogens with zero attached hydrogens (tertiary/aromatic N) is 2. The molecule has 0 atom stereocenters. The molecule has 18 heavy (non-hydrogen) atoms. The lowest BCUT2D eigenvalue weighted by atomic mass is 10.2. The zero-order valence-electron chi connectivity index (χ0n) is 8.99. The topological polar surface area (TPSA) is 140 Å². The van der Waals surface area contributed by atoms with Crippen LogP contribution in [0.15, 0.2) is 29.4 Å². The average Bonchev–Trinajstić information content (AvgIpc) is 2.28. The molecule has 1 aromatic rings. The van der Waals surface area contributed by atoms with Crippen molar-refractivity contribution in [3.63, 3.8) is 0 Å². The van der Waals surface area contributed by atoms with Crippen molar-refractivity contribution < 1.29 is 14.5 Å². The second-order valence-corrected chi connectivity index (χ2v) is 3.04. The Morgan fingerprint density at radius 2 is 2.17 bits per heavy atom. The summed E-state index contributed by atoms with van der Waals surface area (Å²) in [6.45, 7) is 0. The summed E-state index contributed by atoms with van der Waals surface area (Å²) in [6.07, 6.45) is 1.19. The van der Waals surface area contributed by atoms with E-state index in [2.05, 4.69) is 5.10 Å². The number of hydrogen-bond acceptors (Lipinski definition) is 5. The van der Waals surface area contributed by atoms with Crippen LogP contribution in [0.1, 0.15) is 5.56 Å². The SMILES string of the molecule is NC(=O)NC(=O)N/N=C\c1cccc([N+](=O)[O-])c1. The van der Waals surface area contributed by atoms with Crippen molar-refractivity contribution in [3.05, 3.63) is 39.9 Å². The highest BCUT2D eigenvalue weighted by atomic mass is 16.6. The normalized spacial score (nSPS) is 10.0. The summed E-state index contributed by atoms with van der Waals surface area (Å²) in [6, 6.07) is 3.72. The Morgan fingerprint density at radius 3 is 2.78 bits per heavy atom. The van der Waals surface area contributed by atoms with E-state index < -0.39 is 17.0 Å². The Labute approximate surface area is 101 Å². The van der Waals surface area contributed by atoms with E-state index in [4.69, 9.17) is 5.73 Å². The Morgan fingerprint density at radius 1 is 1.44 bits per heavy atom. The lowest BCUT2D eigenvalue weighted by Crippen LogP contribution is -2.40. The summed E-state index contributed by atoms with van der Waals surface area (Å²) in [5, 5.41) is 15.7. The van der Waals surface area contributed by atoms with Gasteiger partial charge >= 0.3 is 12.1 Å². The molecule has 9 nitrogen and oxygen atoms in total. The number of imide groups is 1. The van der Waals surface area contributed by atoms with E-state index in [1.807, 2.05) is 5.43 Å². The van der Waals surface area contributed by atoms with Crippen LogP contribution in [0.3, 0.4) is 0 Å². The molecule has 0 aromatic heterocycles. The number of nitrogens with two attached hydrogens (primary N) is 1. The standard InChI is InChI=1S/C9H9N5O4/c10-8(15)12-9(16)13-11-5-6-2-1-3-7(4-6)14(17)18/h1-5H,(H4,10,12,13,15,16)/b11-5-. The Balaban J connectivity index is 2.62. The minimum atomic E-state index is -1.02. The Hall–Kier alpha value is -2.97. The number of carbonyl (C=O) groups is 2. The summed E-state index contributed by atoms with van der Waals surface area (Å²) >= 11 is 0. The maximum absolute atomic E-state index is 10.9. The first-order valence-electron chi connectivity index (χ1n) is 4.63. The number of nitro benzene ring substituents is 1. The van der Waals surface area contributed by atoms with E-state index in [-0.39, 0.29) is 5.69 Å². The molecule has 0 heterocycles. The lowest BCUT2D eigenvalue weighted by Gasteiger charge is -1.98. The number of amides is 4. The molecule has 4 N–H and O–H groups in total. The van der Waals surface area contributed by atoms with Gasteiger partial charge in [0.25, 0.3) is 5.69 Å². The van der Waals surface area contributed by atoms with E-state index in [0.717, 1.165) is 0 Å². The van der Waals surface area contributed by atoms with Crippen LogP contribution in [0.4, 0.5) is 15.3 Å². The summed E-state index contributed by atoms with van der Waals surface area (Å²) in [5.74, 6) is 0. The van der Waals surface area contributed by atoms with Crippen molar-refractivity contribution in [3.8, 4) is 0 Å². The van der Waals surface area contributed by atoms with Gasteiger partial charge in [-0.1, -0.05) is 12.1 Å². The number of non-ortho nitro benzene ring substituents is 1. The fraction of sp³-hybridized carbons (Fsp3) is 0. The number of hydrazone groups is 1. The second-order valence-electron chi connectivity index (χ2n) is 3.04. The van der Waals surface area contributed by atoms with Crippen LogP contribution in [0.25, 0.3) is 0 Å². The van der Waals surface area contributed by atoms with Crippen molar-refractivity contribution in [1.82, 2.24) is 10.7 Å². The van der Waals surface area contributed by atoms with Crippen LogP contribution in [0.5, 0.6) is 0 Å². The van der Waals surface area contributed by atoms with Crippen molar-refractivity contribution in [2.24, 2.45) is 10.8 Å². The molecule has 0 aliphatic carbocycles. The number of nitrogens with one attached hydrogen (secondary N) is 2. The van der Waals surface area contributed by atoms with Crippen LogP contribution in [0, 0.1) is 10.1 Å². The first-order chi connectivity index (χ1) is 8.49. The molecule has 0 unspecified atom stereocenters. The predicted molar refractivity (Wildman–Crippen MR) is 61.9 cm³/mol. The van der Waals surface area contributed by atoms with E-state index >= 15 is 0 Å². The molecule has 0 aliphatic rings. The van der Waals surface area contributed by atoms with E-state index in [1.54, 1.807) is 11.4 Å². The largest absolute Gasteiger partial charge is 0.351 e. The first-order valence-corrected chi connectivity index (χ1v) is 4.63. The van der Waals surface area contributed by atoms with E-state index in [0.29, 0.717) is 5.56 Å². The molecule has 9 heteroatoms. The molecule has 0 aliphatic heterocycles. The number of rotatable bonds is 3. The van der Waals surface area contributed by atoms with Gasteiger partial charge in [-0.2, -0.15) is 5.10 Å². The summed E-state index contributed by atoms with van der Waals surface area (Å²) < 4.78 is 0. The molecule has 1 rings (SSSR count). The van der Waals surface area contributed by atoms with Gasteiger partial charge in [0.1, 0.15) is 0 Å². The van der Waals surface area contributed by atoms with E-state index in [9.17, 15) is 19.7 Å². The summed E-state index contributed by atoms with van der Waals surface area (Å²) in [5.41, 5.74) is 6.97. The number of benzene rings is 1. The highest BCUT2D eigenvalue weighted by Crippen LogP contribution is 2.11. The molecule has 4 amide bonds. The third kappa shape index (κ3) is 4.26. The summed E-state index contributed by atoms with van der Waals surface area (Å²) in [7, 11) is 0. The number of carbonyl (C=O) groups excluding carboxylic acids is 2. The van der Waals surface area contributed by atoms with Crippen LogP contribution in [-0.2, 0) is 0 Å². The fourth-order valence-corrected chi connectivity index (χ4v) is 1.02. The molecular weight excluding hydrogens is 242 g/mol. The van der Waals surface area contributed by atoms with Gasteiger partial charge in [-0.15, -0.1) is 0 Å². The van der Waals surface area contributed by atoms with E-state index in [1.165, 1.54) is 24.4 Å². The zero-order valence-corrected chi connectivity index (χ0v) is 8.99. The van der Waals surface area contributed by atoms with Crippen molar-refractivity contribution >= 4 is 24.0 Å². The highest BCUT2D eigenvalue weighted by Gasteiger charge is 2.04. The number of hydrogen-bond donors (Lipinski definition) is 3. The number of nitro groups is 1. The minimum absolute atomic E-state index is 0.0967. The average molecular weight is 251 g/mol. The monoisotopic (exact) mass is 251 g/mol. The maximum Gasteiger partial charge on any atom is 0.343 e. The smallest absolute Gasteiger partial charge is 0.343 e. The third-order valence-electron chi connectivity index (χ3n) is 1.70. The molecule has 0 saturated carbocycles. The highest BCUT2D eigenvalue weighted by molar-refractivity contribution is 5.93. The maximum atomic E-state index is 10.9. The van der Waals surface area contributed by atoms with Gasteiger partial charge in [-0.3, -0.25) is 15.4 Å². The number of urea groups is 2. The second kappa shape index (κ2) is 5.94. The van der Waals surface area contributed by atoms with Gasteiger partial charge < -0.3 is 5.73 Å². The van der Waals surface area contributed by atoms with Gasteiger partial charge in [0.2, 0.25) is 0 Å². The molecule has 0 radical (unpaired) electrons. The first kappa shape index (κ1) is 13.1. The van der Waals surface area contributed by atoms with Gasteiger partial charge in [0.15, 0.2) is 0 Å². The summed E-state index contributed by atoms with van der Waals surface area (Å²) in [4.78, 5) is 31.1. The molecule has 0 spiro atoms. The van der Waals surface area contributed by atoms with Crippen LogP contribution >= 0.6 is 0 Å². The Bertz CT molecular complexity index is 513. The van der Waals surface area contributed by atoms with Crippen molar-refractivity contribution in [1.29, 1.82) is 0 Å². The van der Waals surface area contributed by atoms with Crippen LogP contribution in [-0.4, -0.2) is 23.2 Å². The minimum Gasteiger partial charge on any atom is -0.351 e. The Kier molecular flexibility index (Phi) is 4.32. The van der Waals surface area contributed by atoms with Crippen molar-refractivity contribution in [2.75, 3.05) is 0 Å². The van der Waals surface area contributed by atoms with Gasteiger partial charge in [-0.25, -0.2) is 15.0 Å². The molecule has 0 bridgehead atoms. The van der Waals surface area contributed by atoms with Crippen LogP contribution < -0.4 is 16.5 Å². The molecule has 0 saturated heterocycles. The molecule has 0 fully saturated rings. The molecule has 1 aromatic carbocycles. The molecular formula is C9H9N5O4. The predicted octanol–water partition coefficient (Wildman–Crippen LogP) is 0.307. The fourth-order valence-electron chi connectivity index (χ4n) is 1.02. The van der Waals surface area contributed by atoms with Gasteiger partial charge in [-0.05, 0) is 0 Å². The number of primary amides is 1. The quantitative estimate of drug-likeness (QED) is 0.403. The van der Waals surface area contributed by atoms with Gasteiger partial charge in [0.05, 0.1) is 11.1 Å². The lowest BCUT2D eigenvalue weighted by molar-refractivity contribution is -0.384. The third-order valence-corrected chi connectivity index (χ3v) is 1.70. The van der Waals surface area contributed by atoms with Crippen molar-refractivity contribution in [2.45, 2.75) is 0 Å². The zero-order chi connectivity index (χ0) is 13.5. The van der Waals surface area contributed by atoms with Crippen LogP contribution in [0.2, 0.25) is 0 Å². The molecule has 94 valence electrons.